The summed E-state index contributed by atoms with van der Waals surface area (Å²) >= 11 is 3.03. The number of alkyl halides is 1. The van der Waals surface area contributed by atoms with Gasteiger partial charge in [0.05, 0.1) is 25.5 Å². The first kappa shape index (κ1) is 14.9. The molecule has 1 aliphatic carbocycles. The van der Waals surface area contributed by atoms with Gasteiger partial charge >= 0.3 is 11.9 Å². The van der Waals surface area contributed by atoms with E-state index in [4.69, 9.17) is 0 Å². The van der Waals surface area contributed by atoms with Gasteiger partial charge in [-0.25, -0.2) is 0 Å². The maximum absolute atomic E-state index is 12.0. The molecule has 0 saturated heterocycles. The Labute approximate surface area is 114 Å². The number of carbonyl (C=O) groups excluding carboxylic acids is 3. The van der Waals surface area contributed by atoms with Crippen LogP contribution in [-0.2, 0) is 23.9 Å². The van der Waals surface area contributed by atoms with E-state index in [0.717, 1.165) is 0 Å². The van der Waals surface area contributed by atoms with Crippen LogP contribution < -0.4 is 0 Å². The van der Waals surface area contributed by atoms with Gasteiger partial charge in [-0.15, -0.1) is 0 Å². The predicted molar refractivity (Wildman–Crippen MR) is 67.1 cm³/mol. The topological polar surface area (TPSA) is 69.7 Å². The average Bonchev–Trinajstić information content (AvgIpc) is 3.06. The maximum Gasteiger partial charge on any atom is 0.320 e. The van der Waals surface area contributed by atoms with E-state index in [-0.39, 0.29) is 11.1 Å². The number of hydrogen-bond acceptors (Lipinski definition) is 5. The van der Waals surface area contributed by atoms with Crippen molar-refractivity contribution in [2.24, 2.45) is 17.3 Å². The predicted octanol–water partition coefficient (Wildman–Crippen LogP) is 1.10. The van der Waals surface area contributed by atoms with E-state index in [9.17, 15) is 14.4 Å². The number of allylic oxidation sites excluding steroid dienone is 2. The highest BCUT2D eigenvalue weighted by atomic mass is 79.9. The van der Waals surface area contributed by atoms with Gasteiger partial charge in [0, 0.05) is 5.92 Å². The van der Waals surface area contributed by atoms with E-state index in [1.165, 1.54) is 14.2 Å². The fourth-order valence-corrected chi connectivity index (χ4v) is 2.82. The zero-order chi connectivity index (χ0) is 13.9. The van der Waals surface area contributed by atoms with Crippen LogP contribution in [0.1, 0.15) is 6.92 Å². The van der Waals surface area contributed by atoms with E-state index in [0.29, 0.717) is 0 Å². The van der Waals surface area contributed by atoms with Gasteiger partial charge in [-0.2, -0.15) is 0 Å². The number of Topliss-reactive ketones (excluding diaryl/α,β-unsaturated/α-hetero) is 1. The normalized spacial score (nSPS) is 30.0. The number of carbonyl (C=O) groups is 3. The summed E-state index contributed by atoms with van der Waals surface area (Å²) in [4.78, 5) is 35.6. The Morgan fingerprint density at radius 1 is 1.28 bits per heavy atom. The Balaban J connectivity index is 3.21. The molecule has 0 aromatic heterocycles. The maximum atomic E-state index is 12.0. The molecule has 0 N–H and O–H groups in total. The summed E-state index contributed by atoms with van der Waals surface area (Å²) in [7, 11) is 2.43. The third-order valence-electron chi connectivity index (χ3n) is 3.23. The standard InChI is InChI=1S/C12H15BrO5/c1-4-5-7-9(10(15)17-2)12(7,8(14)6-13)11(16)18-3/h4-5,7,9H,6H2,1-3H3/b5-4+. The molecule has 1 rings (SSSR count). The van der Waals surface area contributed by atoms with E-state index in [2.05, 4.69) is 25.4 Å². The lowest BCUT2D eigenvalue weighted by Crippen LogP contribution is -2.33. The lowest BCUT2D eigenvalue weighted by molar-refractivity contribution is -0.156. The Morgan fingerprint density at radius 2 is 1.89 bits per heavy atom. The lowest BCUT2D eigenvalue weighted by Gasteiger charge is -2.11. The zero-order valence-corrected chi connectivity index (χ0v) is 12.0. The largest absolute Gasteiger partial charge is 0.469 e. The van der Waals surface area contributed by atoms with Gasteiger partial charge in [-0.3, -0.25) is 14.4 Å². The van der Waals surface area contributed by atoms with Crippen LogP contribution in [0.25, 0.3) is 0 Å². The van der Waals surface area contributed by atoms with Crippen molar-refractivity contribution in [3.05, 3.63) is 12.2 Å². The van der Waals surface area contributed by atoms with Gasteiger partial charge in [-0.1, -0.05) is 28.1 Å². The zero-order valence-electron chi connectivity index (χ0n) is 10.4. The second-order valence-corrected chi connectivity index (χ2v) is 4.53. The summed E-state index contributed by atoms with van der Waals surface area (Å²) in [5.41, 5.74) is -1.43. The summed E-state index contributed by atoms with van der Waals surface area (Å²) < 4.78 is 9.33. The second kappa shape index (κ2) is 5.65. The van der Waals surface area contributed by atoms with Crippen molar-refractivity contribution in [1.82, 2.24) is 0 Å². The summed E-state index contributed by atoms with van der Waals surface area (Å²) in [6.45, 7) is 1.76. The summed E-state index contributed by atoms with van der Waals surface area (Å²) in [5.74, 6) is -2.92. The third-order valence-corrected chi connectivity index (χ3v) is 3.74. The lowest BCUT2D eigenvalue weighted by atomic mass is 9.96. The minimum atomic E-state index is -1.43. The van der Waals surface area contributed by atoms with Gasteiger partial charge in [0.25, 0.3) is 0 Å². The van der Waals surface area contributed by atoms with Crippen LogP contribution in [0.3, 0.4) is 0 Å². The number of hydrogen-bond donors (Lipinski definition) is 0. The van der Waals surface area contributed by atoms with Crippen molar-refractivity contribution in [1.29, 1.82) is 0 Å². The smallest absolute Gasteiger partial charge is 0.320 e. The Kier molecular flexibility index (Phi) is 4.67. The third kappa shape index (κ3) is 1.98. The van der Waals surface area contributed by atoms with Crippen LogP contribution >= 0.6 is 15.9 Å². The highest BCUT2D eigenvalue weighted by Gasteiger charge is 2.77. The quantitative estimate of drug-likeness (QED) is 0.328. The molecule has 0 heterocycles. The van der Waals surface area contributed by atoms with Crippen molar-refractivity contribution >= 4 is 33.7 Å². The molecule has 3 atom stereocenters. The number of methoxy groups -OCH3 is 2. The molecule has 0 radical (unpaired) electrons. The summed E-state index contributed by atoms with van der Waals surface area (Å²) in [6, 6.07) is 0. The van der Waals surface area contributed by atoms with Crippen molar-refractivity contribution in [3.8, 4) is 0 Å². The molecule has 0 aromatic rings. The highest BCUT2D eigenvalue weighted by Crippen LogP contribution is 2.61. The van der Waals surface area contributed by atoms with E-state index in [1.54, 1.807) is 19.1 Å². The fourth-order valence-electron chi connectivity index (χ4n) is 2.36. The van der Waals surface area contributed by atoms with Crippen LogP contribution in [0, 0.1) is 17.3 Å². The van der Waals surface area contributed by atoms with Crippen molar-refractivity contribution in [2.75, 3.05) is 19.5 Å². The number of esters is 2. The number of ketones is 1. The molecule has 0 aromatic carbocycles. The molecule has 5 nitrogen and oxygen atoms in total. The highest BCUT2D eigenvalue weighted by molar-refractivity contribution is 9.09. The molecule has 3 unspecified atom stereocenters. The molecule has 1 fully saturated rings. The number of halogens is 1. The molecular formula is C12H15BrO5. The monoisotopic (exact) mass is 318 g/mol. The van der Waals surface area contributed by atoms with Crippen molar-refractivity contribution in [3.63, 3.8) is 0 Å². The Hall–Kier alpha value is -1.17. The molecule has 1 aliphatic rings. The molecule has 0 amide bonds. The molecule has 18 heavy (non-hydrogen) atoms. The Bertz CT molecular complexity index is 385. The van der Waals surface area contributed by atoms with Crippen molar-refractivity contribution < 1.29 is 23.9 Å². The SMILES string of the molecule is C/C=C/C1C(C(=O)OC)C1(C(=O)CBr)C(=O)OC. The molecule has 0 bridgehead atoms. The molecule has 0 aliphatic heterocycles. The number of ether oxygens (including phenoxy) is 2. The van der Waals surface area contributed by atoms with Crippen molar-refractivity contribution in [2.45, 2.75) is 6.92 Å². The average molecular weight is 319 g/mol. The molecule has 100 valence electrons. The minimum absolute atomic E-state index is 0.0103. The van der Waals surface area contributed by atoms with Gasteiger partial charge in [0.2, 0.25) is 0 Å². The van der Waals surface area contributed by atoms with Crippen LogP contribution in [0.2, 0.25) is 0 Å². The minimum Gasteiger partial charge on any atom is -0.469 e. The summed E-state index contributed by atoms with van der Waals surface area (Å²) in [5, 5.41) is -0.0103. The first-order valence-electron chi connectivity index (χ1n) is 5.40. The van der Waals surface area contributed by atoms with E-state index < -0.39 is 29.2 Å². The molecule has 0 spiro atoms. The summed E-state index contributed by atoms with van der Waals surface area (Å²) in [6.07, 6.45) is 3.37. The first-order chi connectivity index (χ1) is 8.51. The first-order valence-corrected chi connectivity index (χ1v) is 6.52. The van der Waals surface area contributed by atoms with E-state index in [1.807, 2.05) is 0 Å². The molecule has 1 saturated carbocycles. The molecule has 6 heteroatoms. The van der Waals surface area contributed by atoms with Gasteiger partial charge in [0.1, 0.15) is 5.41 Å². The van der Waals surface area contributed by atoms with Crippen LogP contribution in [0.4, 0.5) is 0 Å². The van der Waals surface area contributed by atoms with Gasteiger partial charge in [0.15, 0.2) is 5.78 Å². The fraction of sp³-hybridized carbons (Fsp3) is 0.583. The Morgan fingerprint density at radius 3 is 2.28 bits per heavy atom. The van der Waals surface area contributed by atoms with Crippen LogP contribution in [0.5, 0.6) is 0 Å². The number of rotatable bonds is 5. The van der Waals surface area contributed by atoms with Crippen LogP contribution in [0.15, 0.2) is 12.2 Å². The van der Waals surface area contributed by atoms with E-state index >= 15 is 0 Å². The van der Waals surface area contributed by atoms with Crippen LogP contribution in [-0.4, -0.2) is 37.3 Å². The molecular weight excluding hydrogens is 304 g/mol. The van der Waals surface area contributed by atoms with Gasteiger partial charge in [-0.05, 0) is 6.92 Å². The van der Waals surface area contributed by atoms with Gasteiger partial charge < -0.3 is 9.47 Å². The second-order valence-electron chi connectivity index (χ2n) is 3.97.